The number of thiophene rings is 1. The van der Waals surface area contributed by atoms with Crippen molar-refractivity contribution < 1.29 is 32.3 Å². The van der Waals surface area contributed by atoms with Crippen LogP contribution in [0.2, 0.25) is 0 Å². The molecular formula is C25H29ClF3N3O4S. The average Bonchev–Trinajstić information content (AvgIpc) is 3.35. The Bertz CT molecular complexity index is 1130. The maximum Gasteiger partial charge on any atom is 0.416 e. The highest BCUT2D eigenvalue weighted by atomic mass is 35.5. The molecule has 1 saturated heterocycles. The Labute approximate surface area is 222 Å². The summed E-state index contributed by atoms with van der Waals surface area (Å²) in [6.07, 6.45) is -5.14. The van der Waals surface area contributed by atoms with E-state index < -0.39 is 47.2 Å². The molecule has 12 heteroatoms. The van der Waals surface area contributed by atoms with E-state index in [-0.39, 0.29) is 37.4 Å². The largest absolute Gasteiger partial charge is 0.444 e. The molecule has 1 atom stereocenters. The molecule has 0 saturated carbocycles. The van der Waals surface area contributed by atoms with Crippen LogP contribution in [-0.2, 0) is 20.5 Å². The molecule has 1 fully saturated rings. The van der Waals surface area contributed by atoms with Crippen molar-refractivity contribution in [2.45, 2.75) is 45.5 Å². The van der Waals surface area contributed by atoms with Crippen LogP contribution < -0.4 is 4.90 Å². The van der Waals surface area contributed by atoms with Crippen molar-refractivity contribution in [1.29, 1.82) is 0 Å². The number of piperazine rings is 1. The first-order valence-corrected chi connectivity index (χ1v) is 13.0. The third-order valence-electron chi connectivity index (χ3n) is 5.80. The number of benzene rings is 1. The summed E-state index contributed by atoms with van der Waals surface area (Å²) >= 11 is 7.10. The lowest BCUT2D eigenvalue weighted by Crippen LogP contribution is -2.54. The number of alkyl halides is 4. The molecule has 1 aromatic carbocycles. The number of anilines is 1. The predicted octanol–water partition coefficient (Wildman–Crippen LogP) is 5.47. The van der Waals surface area contributed by atoms with Crippen LogP contribution in [0, 0.1) is 6.92 Å². The number of nitrogens with zero attached hydrogens (tertiary/aromatic N) is 3. The van der Waals surface area contributed by atoms with Crippen LogP contribution in [0.3, 0.4) is 0 Å². The van der Waals surface area contributed by atoms with E-state index in [1.54, 1.807) is 38.3 Å². The van der Waals surface area contributed by atoms with E-state index in [1.807, 2.05) is 0 Å². The van der Waals surface area contributed by atoms with Gasteiger partial charge in [-0.05, 0) is 56.8 Å². The van der Waals surface area contributed by atoms with Gasteiger partial charge >= 0.3 is 12.3 Å². The molecule has 0 spiro atoms. The van der Waals surface area contributed by atoms with Crippen molar-refractivity contribution in [3.63, 3.8) is 0 Å². The van der Waals surface area contributed by atoms with Gasteiger partial charge in [-0.15, -0.1) is 22.9 Å². The summed E-state index contributed by atoms with van der Waals surface area (Å²) in [5.41, 5.74) is -1.79. The van der Waals surface area contributed by atoms with E-state index >= 15 is 0 Å². The second-order valence-electron chi connectivity index (χ2n) is 9.56. The van der Waals surface area contributed by atoms with Gasteiger partial charge in [-0.3, -0.25) is 14.5 Å². The Morgan fingerprint density at radius 2 is 1.68 bits per heavy atom. The maximum absolute atomic E-state index is 13.9. The second-order valence-corrected chi connectivity index (χ2v) is 10.8. The summed E-state index contributed by atoms with van der Waals surface area (Å²) in [6, 6.07) is 5.64. The third kappa shape index (κ3) is 6.75. The zero-order valence-electron chi connectivity index (χ0n) is 21.0. The Hall–Kier alpha value is -2.79. The first-order valence-electron chi connectivity index (χ1n) is 11.6. The Morgan fingerprint density at radius 1 is 1.05 bits per heavy atom. The maximum atomic E-state index is 13.9. The van der Waals surface area contributed by atoms with E-state index in [0.717, 1.165) is 11.0 Å². The lowest BCUT2D eigenvalue weighted by Gasteiger charge is -2.39. The van der Waals surface area contributed by atoms with Crippen molar-refractivity contribution in [3.8, 4) is 0 Å². The minimum atomic E-state index is -4.64. The van der Waals surface area contributed by atoms with E-state index in [2.05, 4.69) is 0 Å². The van der Waals surface area contributed by atoms with E-state index in [4.69, 9.17) is 16.3 Å². The number of rotatable bonds is 5. The minimum absolute atomic E-state index is 0.0420. The van der Waals surface area contributed by atoms with Gasteiger partial charge in [0, 0.05) is 36.7 Å². The molecule has 1 unspecified atom stereocenters. The Balaban J connectivity index is 1.96. The molecule has 0 aliphatic carbocycles. The van der Waals surface area contributed by atoms with Gasteiger partial charge in [0.1, 0.15) is 17.5 Å². The molecule has 1 aromatic heterocycles. The molecule has 0 radical (unpaired) electrons. The molecular weight excluding hydrogens is 531 g/mol. The highest BCUT2D eigenvalue weighted by molar-refractivity contribution is 7.10. The van der Waals surface area contributed by atoms with Crippen LogP contribution in [0.1, 0.15) is 42.8 Å². The summed E-state index contributed by atoms with van der Waals surface area (Å²) in [6.45, 7) is 7.31. The number of carbonyl (C=O) groups excluding carboxylic acids is 3. The summed E-state index contributed by atoms with van der Waals surface area (Å²) in [5, 5.41) is 1.72. The predicted molar refractivity (Wildman–Crippen MR) is 136 cm³/mol. The number of ether oxygens (including phenoxy) is 1. The fraction of sp³-hybridized carbons (Fsp3) is 0.480. The van der Waals surface area contributed by atoms with Crippen molar-refractivity contribution in [3.05, 3.63) is 51.7 Å². The van der Waals surface area contributed by atoms with Gasteiger partial charge in [0.15, 0.2) is 0 Å². The molecule has 7 nitrogen and oxygen atoms in total. The van der Waals surface area contributed by atoms with Gasteiger partial charge < -0.3 is 14.5 Å². The summed E-state index contributed by atoms with van der Waals surface area (Å²) in [4.78, 5) is 43.9. The third-order valence-corrected chi connectivity index (χ3v) is 6.95. The number of amides is 3. The SMILES string of the molecule is Cc1c(N(C(=O)CCl)C(C(=O)N2CCN(C(=O)OC(C)(C)C)CC2)c2cccs2)cccc1C(F)(F)F. The van der Waals surface area contributed by atoms with Crippen molar-refractivity contribution in [2.24, 2.45) is 0 Å². The molecule has 1 aliphatic heterocycles. The van der Waals surface area contributed by atoms with E-state index in [1.165, 1.54) is 40.2 Å². The van der Waals surface area contributed by atoms with Gasteiger partial charge in [0.05, 0.1) is 5.56 Å². The number of hydrogen-bond donors (Lipinski definition) is 0. The highest BCUT2D eigenvalue weighted by Crippen LogP contribution is 2.39. The van der Waals surface area contributed by atoms with Gasteiger partial charge in [-0.2, -0.15) is 13.2 Å². The zero-order valence-corrected chi connectivity index (χ0v) is 22.5. The van der Waals surface area contributed by atoms with Crippen LogP contribution in [0.4, 0.5) is 23.7 Å². The molecule has 1 aliphatic rings. The monoisotopic (exact) mass is 559 g/mol. The van der Waals surface area contributed by atoms with Crippen molar-refractivity contribution in [2.75, 3.05) is 37.0 Å². The lowest BCUT2D eigenvalue weighted by molar-refractivity contribution is -0.138. The first-order chi connectivity index (χ1) is 17.2. The molecule has 37 heavy (non-hydrogen) atoms. The minimum Gasteiger partial charge on any atom is -0.444 e. The molecule has 3 rings (SSSR count). The van der Waals surface area contributed by atoms with Gasteiger partial charge in [-0.25, -0.2) is 4.79 Å². The molecule has 202 valence electrons. The first kappa shape index (κ1) is 28.8. The standard InChI is InChI=1S/C25H29ClF3N3O4S/c1-16-17(25(27,28)29)7-5-8-18(16)32(20(33)15-26)21(19-9-6-14-37-19)22(34)30-10-12-31(13-11-30)23(35)36-24(2,3)4/h5-9,14,21H,10-13,15H2,1-4H3. The lowest BCUT2D eigenvalue weighted by atomic mass is 10.0. The van der Waals surface area contributed by atoms with E-state index in [0.29, 0.717) is 4.88 Å². The van der Waals surface area contributed by atoms with Gasteiger partial charge in [0.25, 0.3) is 5.91 Å². The second kappa shape index (κ2) is 11.3. The van der Waals surface area contributed by atoms with Crippen LogP contribution in [0.25, 0.3) is 0 Å². The molecule has 0 N–H and O–H groups in total. The van der Waals surface area contributed by atoms with E-state index in [9.17, 15) is 27.6 Å². The summed E-state index contributed by atoms with van der Waals surface area (Å²) in [7, 11) is 0. The topological polar surface area (TPSA) is 70.2 Å². The molecule has 0 bridgehead atoms. The average molecular weight is 560 g/mol. The van der Waals surface area contributed by atoms with Crippen molar-refractivity contribution in [1.82, 2.24) is 9.80 Å². The number of halogens is 4. The van der Waals surface area contributed by atoms with Crippen LogP contribution >= 0.6 is 22.9 Å². The highest BCUT2D eigenvalue weighted by Gasteiger charge is 2.40. The van der Waals surface area contributed by atoms with Gasteiger partial charge in [-0.1, -0.05) is 12.1 Å². The summed E-state index contributed by atoms with van der Waals surface area (Å²) < 4.78 is 46.4. The molecule has 2 aromatic rings. The van der Waals surface area contributed by atoms with Crippen LogP contribution in [0.5, 0.6) is 0 Å². The normalized spacial score (nSPS) is 15.4. The Morgan fingerprint density at radius 3 is 2.19 bits per heavy atom. The quantitative estimate of drug-likeness (QED) is 0.456. The smallest absolute Gasteiger partial charge is 0.416 e. The Kier molecular flexibility index (Phi) is 8.79. The fourth-order valence-electron chi connectivity index (χ4n) is 4.09. The zero-order chi connectivity index (χ0) is 27.5. The summed E-state index contributed by atoms with van der Waals surface area (Å²) in [5.74, 6) is -1.71. The molecule has 2 heterocycles. The van der Waals surface area contributed by atoms with Crippen molar-refractivity contribution >= 4 is 46.5 Å². The number of carbonyl (C=O) groups is 3. The van der Waals surface area contributed by atoms with Crippen LogP contribution in [-0.4, -0.2) is 65.4 Å². The fourth-order valence-corrected chi connectivity index (χ4v) is 5.02. The molecule has 3 amide bonds. The van der Waals surface area contributed by atoms with Crippen LogP contribution in [0.15, 0.2) is 35.7 Å². The van der Waals surface area contributed by atoms with Gasteiger partial charge in [0.2, 0.25) is 5.91 Å². The number of hydrogen-bond acceptors (Lipinski definition) is 5.